The minimum Gasteiger partial charge on any atom is -0.467 e. The number of hydrogen-bond donors (Lipinski definition) is 2. The monoisotopic (exact) mass is 376 g/mol. The molecule has 1 aromatic heterocycles. The van der Waals surface area contributed by atoms with Crippen LogP contribution in [0.15, 0.2) is 34.1 Å². The van der Waals surface area contributed by atoms with E-state index in [0.717, 1.165) is 26.1 Å². The van der Waals surface area contributed by atoms with E-state index in [1.807, 2.05) is 0 Å². The molecule has 2 aliphatic rings. The van der Waals surface area contributed by atoms with Gasteiger partial charge in [-0.2, -0.15) is 0 Å². The number of esters is 1. The highest BCUT2D eigenvalue weighted by Crippen LogP contribution is 2.29. The van der Waals surface area contributed by atoms with E-state index in [1.165, 1.54) is 6.26 Å². The smallest absolute Gasteiger partial charge is 0.338 e. The largest absolute Gasteiger partial charge is 0.467 e. The van der Waals surface area contributed by atoms with Crippen LogP contribution in [0.25, 0.3) is 0 Å². The Labute approximate surface area is 159 Å². The van der Waals surface area contributed by atoms with E-state index in [4.69, 9.17) is 9.15 Å². The van der Waals surface area contributed by atoms with Crippen molar-refractivity contribution < 1.29 is 18.7 Å². The fraction of sp³-hybridized carbons (Fsp3) is 0.579. The molecule has 0 aromatic carbocycles. The number of likely N-dealkylation sites (tertiary alicyclic amines) is 1. The van der Waals surface area contributed by atoms with E-state index in [-0.39, 0.29) is 12.6 Å². The number of carbonyl (C=O) groups is 2. The van der Waals surface area contributed by atoms with Crippen molar-refractivity contribution in [3.8, 4) is 0 Å². The second kappa shape index (κ2) is 8.58. The lowest BCUT2D eigenvalue weighted by molar-refractivity contribution is -0.139. The second-order valence-electron chi connectivity index (χ2n) is 6.91. The summed E-state index contributed by atoms with van der Waals surface area (Å²) in [5.41, 5.74) is 0.983. The predicted octanol–water partition coefficient (Wildman–Crippen LogP) is 1.48. The molecule has 0 aliphatic carbocycles. The first-order valence-electron chi connectivity index (χ1n) is 9.47. The van der Waals surface area contributed by atoms with Crippen LogP contribution in [-0.4, -0.2) is 67.7 Å². The average molecular weight is 376 g/mol. The number of carbonyl (C=O) groups excluding carboxylic acids is 2. The van der Waals surface area contributed by atoms with Gasteiger partial charge < -0.3 is 24.7 Å². The maximum absolute atomic E-state index is 12.7. The molecule has 2 aliphatic heterocycles. The van der Waals surface area contributed by atoms with Gasteiger partial charge >= 0.3 is 12.0 Å². The van der Waals surface area contributed by atoms with Gasteiger partial charge in [-0.3, -0.25) is 4.90 Å². The van der Waals surface area contributed by atoms with Crippen LogP contribution in [0.5, 0.6) is 0 Å². The molecule has 8 nitrogen and oxygen atoms in total. The Morgan fingerprint density at radius 1 is 1.44 bits per heavy atom. The van der Waals surface area contributed by atoms with E-state index >= 15 is 0 Å². The van der Waals surface area contributed by atoms with Crippen LogP contribution >= 0.6 is 0 Å². The molecule has 1 saturated heterocycles. The highest BCUT2D eigenvalue weighted by molar-refractivity contribution is 5.95. The first-order chi connectivity index (χ1) is 13.0. The third-order valence-electron chi connectivity index (χ3n) is 5.23. The summed E-state index contributed by atoms with van der Waals surface area (Å²) in [6.45, 7) is 7.48. The molecular weight excluding hydrogens is 348 g/mol. The van der Waals surface area contributed by atoms with Gasteiger partial charge in [-0.05, 0) is 39.1 Å². The Morgan fingerprint density at radius 3 is 2.93 bits per heavy atom. The number of furan rings is 1. The van der Waals surface area contributed by atoms with Crippen LogP contribution in [0.4, 0.5) is 4.79 Å². The minimum absolute atomic E-state index is 0.265. The third kappa shape index (κ3) is 4.33. The van der Waals surface area contributed by atoms with Crippen LogP contribution in [-0.2, 0) is 9.53 Å². The molecule has 0 unspecified atom stereocenters. The van der Waals surface area contributed by atoms with Crippen LogP contribution in [0.1, 0.15) is 32.1 Å². The number of nitrogens with one attached hydrogen (secondary N) is 2. The van der Waals surface area contributed by atoms with E-state index in [1.54, 1.807) is 19.1 Å². The molecule has 8 heteroatoms. The summed E-state index contributed by atoms with van der Waals surface area (Å²) in [5, 5.41) is 5.58. The number of rotatable bonds is 7. The van der Waals surface area contributed by atoms with Crippen LogP contribution in [0.2, 0.25) is 0 Å². The summed E-state index contributed by atoms with van der Waals surface area (Å²) in [5.74, 6) is 0.0678. The maximum Gasteiger partial charge on any atom is 0.338 e. The molecule has 3 rings (SSSR count). The van der Waals surface area contributed by atoms with Crippen LogP contribution in [0, 0.1) is 0 Å². The van der Waals surface area contributed by atoms with E-state index in [2.05, 4.69) is 34.4 Å². The molecule has 0 radical (unpaired) electrons. The molecule has 0 spiro atoms. The molecule has 27 heavy (non-hydrogen) atoms. The van der Waals surface area contributed by atoms with Crippen molar-refractivity contribution in [3.63, 3.8) is 0 Å². The van der Waals surface area contributed by atoms with Crippen molar-refractivity contribution in [1.29, 1.82) is 0 Å². The lowest BCUT2D eigenvalue weighted by Gasteiger charge is -2.30. The SMILES string of the molecule is CCOC(=O)C1=C(CN2CC[C@@H](N(C)CC)C2)NC(=O)N[C@H]1c1ccco1. The van der Waals surface area contributed by atoms with Gasteiger partial charge in [-0.25, -0.2) is 9.59 Å². The van der Waals surface area contributed by atoms with E-state index in [9.17, 15) is 9.59 Å². The van der Waals surface area contributed by atoms with Gasteiger partial charge in [0, 0.05) is 31.4 Å². The van der Waals surface area contributed by atoms with Crippen molar-refractivity contribution in [2.75, 3.05) is 39.8 Å². The summed E-state index contributed by atoms with van der Waals surface area (Å²) in [7, 11) is 2.12. The topological polar surface area (TPSA) is 87.0 Å². The van der Waals surface area contributed by atoms with Gasteiger partial charge in [0.05, 0.1) is 18.4 Å². The van der Waals surface area contributed by atoms with Crippen LogP contribution in [0.3, 0.4) is 0 Å². The lowest BCUT2D eigenvalue weighted by Crippen LogP contribution is -2.48. The summed E-state index contributed by atoms with van der Waals surface area (Å²) < 4.78 is 10.7. The van der Waals surface area contributed by atoms with Gasteiger partial charge in [0.15, 0.2) is 0 Å². The normalized spacial score (nSPS) is 23.5. The zero-order valence-corrected chi connectivity index (χ0v) is 16.2. The fourth-order valence-electron chi connectivity index (χ4n) is 3.66. The number of amides is 2. The van der Waals surface area contributed by atoms with Crippen molar-refractivity contribution in [2.45, 2.75) is 32.4 Å². The molecule has 1 fully saturated rings. The molecule has 3 heterocycles. The number of urea groups is 1. The molecule has 0 saturated carbocycles. The fourth-order valence-corrected chi connectivity index (χ4v) is 3.66. The third-order valence-corrected chi connectivity index (χ3v) is 5.23. The summed E-state index contributed by atoms with van der Waals surface area (Å²) >= 11 is 0. The molecule has 148 valence electrons. The standard InChI is InChI=1S/C19H28N4O4/c1-4-22(3)13-8-9-23(11-13)12-14-16(18(24)26-5-2)17(21-19(25)20-14)15-7-6-10-27-15/h6-7,10,13,17H,4-5,8-9,11-12H2,1-3H3,(H2,20,21,25)/t13-,17+/m1/s1. The first-order valence-corrected chi connectivity index (χ1v) is 9.47. The predicted molar refractivity (Wildman–Crippen MR) is 99.9 cm³/mol. The highest BCUT2D eigenvalue weighted by Gasteiger charge is 2.36. The van der Waals surface area contributed by atoms with Crippen molar-refractivity contribution in [3.05, 3.63) is 35.4 Å². The van der Waals surface area contributed by atoms with Gasteiger partial charge in [0.25, 0.3) is 0 Å². The van der Waals surface area contributed by atoms with Crippen molar-refractivity contribution in [2.24, 2.45) is 0 Å². The Kier molecular flexibility index (Phi) is 6.18. The Hall–Kier alpha value is -2.32. The number of hydrogen-bond acceptors (Lipinski definition) is 6. The van der Waals surface area contributed by atoms with E-state index in [0.29, 0.717) is 29.6 Å². The Bertz CT molecular complexity index is 701. The average Bonchev–Trinajstić information content (AvgIpc) is 3.32. The van der Waals surface area contributed by atoms with Gasteiger partial charge in [0.2, 0.25) is 0 Å². The zero-order valence-electron chi connectivity index (χ0n) is 16.2. The molecule has 2 N–H and O–H groups in total. The Morgan fingerprint density at radius 2 is 2.26 bits per heavy atom. The first kappa shape index (κ1) is 19.4. The van der Waals surface area contributed by atoms with Crippen LogP contribution < -0.4 is 10.6 Å². The van der Waals surface area contributed by atoms with Gasteiger partial charge in [-0.15, -0.1) is 0 Å². The molecule has 2 amide bonds. The minimum atomic E-state index is -0.653. The second-order valence-corrected chi connectivity index (χ2v) is 6.91. The quantitative estimate of drug-likeness (QED) is 0.701. The summed E-state index contributed by atoms with van der Waals surface area (Å²) in [6, 6.07) is 2.97. The molecule has 1 aromatic rings. The number of nitrogens with zero attached hydrogens (tertiary/aromatic N) is 2. The highest BCUT2D eigenvalue weighted by atomic mass is 16.5. The lowest BCUT2D eigenvalue weighted by atomic mass is 10.00. The molecule has 2 atom stereocenters. The zero-order chi connectivity index (χ0) is 19.4. The maximum atomic E-state index is 12.7. The summed E-state index contributed by atoms with van der Waals surface area (Å²) in [4.78, 5) is 29.5. The van der Waals surface area contributed by atoms with Crippen molar-refractivity contribution in [1.82, 2.24) is 20.4 Å². The number of likely N-dealkylation sites (N-methyl/N-ethyl adjacent to an activating group) is 1. The Balaban J connectivity index is 1.86. The van der Waals surface area contributed by atoms with Crippen molar-refractivity contribution >= 4 is 12.0 Å². The van der Waals surface area contributed by atoms with Gasteiger partial charge in [0.1, 0.15) is 11.8 Å². The van der Waals surface area contributed by atoms with Gasteiger partial charge in [-0.1, -0.05) is 6.92 Å². The summed E-state index contributed by atoms with van der Waals surface area (Å²) in [6.07, 6.45) is 2.60. The van der Waals surface area contributed by atoms with E-state index < -0.39 is 12.0 Å². The molecule has 0 bridgehead atoms. The number of ether oxygens (including phenoxy) is 1. The molecular formula is C19H28N4O4.